The fourth-order valence-corrected chi connectivity index (χ4v) is 0.957. The third-order valence-electron chi connectivity index (χ3n) is 1.51. The summed E-state index contributed by atoms with van der Waals surface area (Å²) in [7, 11) is 0. The average molecular weight is 153 g/mol. The topological polar surface area (TPSA) is 36.4 Å². The van der Waals surface area contributed by atoms with Gasteiger partial charge in [-0.1, -0.05) is 12.2 Å². The fraction of sp³-hybridized carbons (Fsp3) is 0.625. The van der Waals surface area contributed by atoms with E-state index in [0.717, 1.165) is 32.0 Å². The molecule has 3 heteroatoms. The van der Waals surface area contributed by atoms with Gasteiger partial charge < -0.3 is 10.6 Å². The number of rotatable bonds is 3. The highest BCUT2D eigenvalue weighted by atomic mass is 15.2. The van der Waals surface area contributed by atoms with Gasteiger partial charge in [-0.05, 0) is 13.3 Å². The molecule has 0 spiro atoms. The van der Waals surface area contributed by atoms with Crippen molar-refractivity contribution in [1.82, 2.24) is 10.6 Å². The van der Waals surface area contributed by atoms with Crippen molar-refractivity contribution in [2.24, 2.45) is 4.99 Å². The molecule has 0 atom stereocenters. The highest BCUT2D eigenvalue weighted by Gasteiger charge is 2.00. The average Bonchev–Trinajstić information content (AvgIpc) is 2.50. The molecule has 1 rings (SSSR count). The Morgan fingerprint density at radius 2 is 2.64 bits per heavy atom. The number of hydrogen-bond donors (Lipinski definition) is 2. The molecule has 1 aliphatic rings. The van der Waals surface area contributed by atoms with Gasteiger partial charge in [0.1, 0.15) is 0 Å². The predicted octanol–water partition coefficient (Wildman–Crippen LogP) is 0.501. The van der Waals surface area contributed by atoms with Crippen LogP contribution in [0.4, 0.5) is 0 Å². The van der Waals surface area contributed by atoms with Gasteiger partial charge in [-0.15, -0.1) is 0 Å². The first-order chi connectivity index (χ1) is 5.43. The van der Waals surface area contributed by atoms with Crippen molar-refractivity contribution in [2.75, 3.05) is 19.6 Å². The lowest BCUT2D eigenvalue weighted by molar-refractivity contribution is 0.853. The van der Waals surface area contributed by atoms with Gasteiger partial charge in [-0.2, -0.15) is 0 Å². The van der Waals surface area contributed by atoms with E-state index in [-0.39, 0.29) is 0 Å². The zero-order valence-corrected chi connectivity index (χ0v) is 6.93. The van der Waals surface area contributed by atoms with Crippen LogP contribution in [0.1, 0.15) is 13.3 Å². The molecular formula is C8H15N3. The van der Waals surface area contributed by atoms with Gasteiger partial charge in [0.2, 0.25) is 0 Å². The summed E-state index contributed by atoms with van der Waals surface area (Å²) in [6, 6.07) is 0. The van der Waals surface area contributed by atoms with Gasteiger partial charge >= 0.3 is 0 Å². The minimum absolute atomic E-state index is 0.909. The summed E-state index contributed by atoms with van der Waals surface area (Å²) < 4.78 is 0. The summed E-state index contributed by atoms with van der Waals surface area (Å²) in [4.78, 5) is 4.20. The van der Waals surface area contributed by atoms with Crippen molar-refractivity contribution >= 4 is 5.96 Å². The van der Waals surface area contributed by atoms with E-state index in [9.17, 15) is 0 Å². The number of nitrogens with zero attached hydrogens (tertiary/aromatic N) is 1. The number of aliphatic imine (C=N–C) groups is 1. The molecule has 11 heavy (non-hydrogen) atoms. The molecule has 3 nitrogen and oxygen atoms in total. The van der Waals surface area contributed by atoms with E-state index in [1.807, 2.05) is 6.92 Å². The molecule has 0 amide bonds. The number of hydrogen-bond acceptors (Lipinski definition) is 3. The quantitative estimate of drug-likeness (QED) is 0.457. The van der Waals surface area contributed by atoms with Gasteiger partial charge in [0.05, 0.1) is 6.54 Å². The monoisotopic (exact) mass is 153 g/mol. The molecule has 0 saturated carbocycles. The van der Waals surface area contributed by atoms with Gasteiger partial charge in [0.15, 0.2) is 5.96 Å². The van der Waals surface area contributed by atoms with Crippen molar-refractivity contribution in [2.45, 2.75) is 13.3 Å². The lowest BCUT2D eigenvalue weighted by atomic mass is 10.4. The Morgan fingerprint density at radius 1 is 1.73 bits per heavy atom. The largest absolute Gasteiger partial charge is 0.356 e. The molecule has 0 radical (unpaired) electrons. The van der Waals surface area contributed by atoms with Crippen LogP contribution in [-0.2, 0) is 0 Å². The van der Waals surface area contributed by atoms with Crippen molar-refractivity contribution in [1.29, 1.82) is 0 Å². The van der Waals surface area contributed by atoms with E-state index < -0.39 is 0 Å². The van der Waals surface area contributed by atoms with E-state index in [1.165, 1.54) is 0 Å². The molecule has 0 aromatic heterocycles. The van der Waals surface area contributed by atoms with Crippen molar-refractivity contribution in [3.63, 3.8) is 0 Å². The molecule has 0 unspecified atom stereocenters. The van der Waals surface area contributed by atoms with E-state index >= 15 is 0 Å². The van der Waals surface area contributed by atoms with E-state index in [1.54, 1.807) is 0 Å². The molecule has 62 valence electrons. The maximum Gasteiger partial charge on any atom is 0.191 e. The van der Waals surface area contributed by atoms with Crippen LogP contribution in [0.5, 0.6) is 0 Å². The molecule has 0 aliphatic carbocycles. The second kappa shape index (κ2) is 4.77. The first kappa shape index (κ1) is 8.11. The van der Waals surface area contributed by atoms with E-state index in [0.29, 0.717) is 0 Å². The maximum absolute atomic E-state index is 4.20. The van der Waals surface area contributed by atoms with Crippen molar-refractivity contribution in [3.05, 3.63) is 12.2 Å². The Balaban J connectivity index is 2.02. The molecule has 0 fully saturated rings. The van der Waals surface area contributed by atoms with Crippen LogP contribution in [0.15, 0.2) is 17.1 Å². The van der Waals surface area contributed by atoms with Gasteiger partial charge in [-0.3, -0.25) is 4.99 Å². The Labute approximate surface area is 67.6 Å². The molecule has 0 bridgehead atoms. The summed E-state index contributed by atoms with van der Waals surface area (Å²) >= 11 is 0. The highest BCUT2D eigenvalue weighted by molar-refractivity contribution is 5.81. The van der Waals surface area contributed by atoms with Crippen LogP contribution in [0.2, 0.25) is 0 Å². The summed E-state index contributed by atoms with van der Waals surface area (Å²) in [5.74, 6) is 0.953. The Hall–Kier alpha value is -0.990. The van der Waals surface area contributed by atoms with Gasteiger partial charge in [-0.25, -0.2) is 0 Å². The number of allylic oxidation sites excluding steroid dienone is 1. The van der Waals surface area contributed by atoms with Crippen LogP contribution >= 0.6 is 0 Å². The molecule has 2 N–H and O–H groups in total. The first-order valence-corrected chi connectivity index (χ1v) is 4.07. The second-order valence-corrected chi connectivity index (χ2v) is 2.44. The summed E-state index contributed by atoms with van der Waals surface area (Å²) in [5.41, 5.74) is 0. The summed E-state index contributed by atoms with van der Waals surface area (Å²) in [6.45, 7) is 4.89. The Kier molecular flexibility index (Phi) is 3.52. The molecule has 0 saturated heterocycles. The van der Waals surface area contributed by atoms with Gasteiger partial charge in [0, 0.05) is 13.1 Å². The van der Waals surface area contributed by atoms with Crippen LogP contribution in [-0.4, -0.2) is 25.6 Å². The van der Waals surface area contributed by atoms with Crippen LogP contribution in [0, 0.1) is 0 Å². The van der Waals surface area contributed by atoms with Crippen molar-refractivity contribution in [3.8, 4) is 0 Å². The van der Waals surface area contributed by atoms with Crippen LogP contribution in [0.25, 0.3) is 0 Å². The smallest absolute Gasteiger partial charge is 0.191 e. The number of guanidine groups is 1. The Morgan fingerprint density at radius 3 is 3.27 bits per heavy atom. The number of nitrogens with one attached hydrogen (secondary N) is 2. The molecular weight excluding hydrogens is 138 g/mol. The van der Waals surface area contributed by atoms with Crippen LogP contribution in [0.3, 0.4) is 0 Å². The lowest BCUT2D eigenvalue weighted by Crippen LogP contribution is -2.34. The minimum atomic E-state index is 0.909. The van der Waals surface area contributed by atoms with E-state index in [4.69, 9.17) is 0 Å². The molecule has 0 aromatic carbocycles. The third kappa shape index (κ3) is 3.07. The lowest BCUT2D eigenvalue weighted by Gasteiger charge is -2.03. The maximum atomic E-state index is 4.20. The third-order valence-corrected chi connectivity index (χ3v) is 1.51. The van der Waals surface area contributed by atoms with Gasteiger partial charge in [0.25, 0.3) is 0 Å². The minimum Gasteiger partial charge on any atom is -0.356 e. The zero-order chi connectivity index (χ0) is 7.94. The second-order valence-electron chi connectivity index (χ2n) is 2.44. The van der Waals surface area contributed by atoms with Crippen LogP contribution < -0.4 is 10.6 Å². The summed E-state index contributed by atoms with van der Waals surface area (Å²) in [5, 5.41) is 6.35. The molecule has 1 heterocycles. The Bertz CT molecular complexity index is 161. The predicted molar refractivity (Wildman–Crippen MR) is 47.7 cm³/mol. The highest BCUT2D eigenvalue weighted by Crippen LogP contribution is 1.83. The van der Waals surface area contributed by atoms with Crippen molar-refractivity contribution < 1.29 is 0 Å². The molecule has 0 aromatic rings. The standard InChI is InChI=1S/C8H15N3/c1-2-3-4-5-9-8-10-6-7-11-8/h2-3H,4-7H2,1H3,(H2,9,10,11)/b3-2+. The SMILES string of the molecule is C/C=C/CCNC1=NCCN1. The molecule has 1 aliphatic heterocycles. The van der Waals surface area contributed by atoms with E-state index in [2.05, 4.69) is 27.8 Å². The fourth-order valence-electron chi connectivity index (χ4n) is 0.957. The first-order valence-electron chi connectivity index (χ1n) is 4.07. The normalized spacial score (nSPS) is 16.6. The summed E-state index contributed by atoms with van der Waals surface area (Å²) in [6.07, 6.45) is 5.27. The zero-order valence-electron chi connectivity index (χ0n) is 6.93.